The molecule has 1 unspecified atom stereocenters. The van der Waals surface area contributed by atoms with Crippen LogP contribution in [-0.2, 0) is 21.4 Å². The largest absolute Gasteiger partial charge is 0.495 e. The van der Waals surface area contributed by atoms with E-state index in [0.717, 1.165) is 21.7 Å². The fourth-order valence-electron chi connectivity index (χ4n) is 2.78. The number of rotatable bonds is 7. The fourth-order valence-corrected chi connectivity index (χ4v) is 4.11. The molecule has 0 saturated carbocycles. The third kappa shape index (κ3) is 5.37. The Kier molecular flexibility index (Phi) is 6.73. The number of hydrogen-bond donors (Lipinski definition) is 1. The summed E-state index contributed by atoms with van der Waals surface area (Å²) in [6.45, 7) is 3.78. The Hall–Kier alpha value is -2.25. The summed E-state index contributed by atoms with van der Waals surface area (Å²) in [6, 6.07) is 11.3. The van der Waals surface area contributed by atoms with Crippen LogP contribution in [-0.4, -0.2) is 33.7 Å². The van der Waals surface area contributed by atoms with Crippen LogP contribution in [0.5, 0.6) is 5.75 Å². The molecule has 0 spiro atoms. The monoisotopic (exact) mass is 410 g/mol. The number of amides is 1. The van der Waals surface area contributed by atoms with Crippen LogP contribution in [0.2, 0.25) is 5.02 Å². The summed E-state index contributed by atoms with van der Waals surface area (Å²) < 4.78 is 31.1. The molecule has 0 saturated heterocycles. The van der Waals surface area contributed by atoms with Crippen molar-refractivity contribution < 1.29 is 17.9 Å². The van der Waals surface area contributed by atoms with Crippen LogP contribution in [0.15, 0.2) is 42.5 Å². The average Bonchev–Trinajstić information content (AvgIpc) is 2.59. The molecule has 146 valence electrons. The Morgan fingerprint density at radius 3 is 2.56 bits per heavy atom. The van der Waals surface area contributed by atoms with Crippen LogP contribution in [0.1, 0.15) is 18.1 Å². The van der Waals surface area contributed by atoms with Gasteiger partial charge in [0.15, 0.2) is 0 Å². The first-order valence-electron chi connectivity index (χ1n) is 8.29. The molecule has 0 bridgehead atoms. The minimum atomic E-state index is -3.77. The van der Waals surface area contributed by atoms with E-state index in [1.165, 1.54) is 20.1 Å². The van der Waals surface area contributed by atoms with Crippen LogP contribution in [0, 0.1) is 6.92 Å². The molecule has 0 heterocycles. The first-order valence-corrected chi connectivity index (χ1v) is 10.5. The van der Waals surface area contributed by atoms with Crippen molar-refractivity contribution >= 4 is 33.2 Å². The van der Waals surface area contributed by atoms with Gasteiger partial charge < -0.3 is 10.1 Å². The van der Waals surface area contributed by atoms with Crippen molar-refractivity contribution in [1.82, 2.24) is 5.32 Å². The molecule has 1 N–H and O–H groups in total. The maximum Gasteiger partial charge on any atom is 0.243 e. The zero-order chi connectivity index (χ0) is 20.2. The Morgan fingerprint density at radius 1 is 1.26 bits per heavy atom. The first-order chi connectivity index (χ1) is 12.6. The van der Waals surface area contributed by atoms with Crippen LogP contribution < -0.4 is 14.4 Å². The normalized spacial score (nSPS) is 12.3. The van der Waals surface area contributed by atoms with E-state index in [2.05, 4.69) is 5.32 Å². The first kappa shape index (κ1) is 21.1. The maximum absolute atomic E-state index is 12.7. The van der Waals surface area contributed by atoms with Gasteiger partial charge in [0.25, 0.3) is 0 Å². The number of nitrogens with zero attached hydrogens (tertiary/aromatic N) is 1. The lowest BCUT2D eigenvalue weighted by molar-refractivity contribution is -0.122. The van der Waals surface area contributed by atoms with Gasteiger partial charge in [-0.2, -0.15) is 0 Å². The van der Waals surface area contributed by atoms with Crippen molar-refractivity contribution in [1.29, 1.82) is 0 Å². The van der Waals surface area contributed by atoms with E-state index in [1.54, 1.807) is 12.1 Å². The predicted octanol–water partition coefficient (Wildman–Crippen LogP) is 3.13. The topological polar surface area (TPSA) is 75.7 Å². The molecule has 0 aliphatic rings. The van der Waals surface area contributed by atoms with Crippen molar-refractivity contribution in [3.63, 3.8) is 0 Å². The molecule has 0 fully saturated rings. The van der Waals surface area contributed by atoms with E-state index in [4.69, 9.17) is 16.3 Å². The highest BCUT2D eigenvalue weighted by Gasteiger charge is 2.31. The molecule has 1 amide bonds. The van der Waals surface area contributed by atoms with Gasteiger partial charge in [0.05, 0.1) is 19.1 Å². The highest BCUT2D eigenvalue weighted by atomic mass is 35.5. The predicted molar refractivity (Wildman–Crippen MR) is 108 cm³/mol. The van der Waals surface area contributed by atoms with Gasteiger partial charge in [-0.05, 0) is 37.6 Å². The van der Waals surface area contributed by atoms with E-state index in [0.29, 0.717) is 17.3 Å². The summed E-state index contributed by atoms with van der Waals surface area (Å²) >= 11 is 6.03. The molecule has 2 aromatic rings. The van der Waals surface area contributed by atoms with Crippen molar-refractivity contribution in [3.8, 4) is 5.75 Å². The Balaban J connectivity index is 2.29. The standard InChI is InChI=1S/C19H23ClN2O4S/c1-13-6-5-7-15(10-13)12-21-19(23)14(2)22(27(4,24)25)17-11-16(20)8-9-18(17)26-3/h5-11,14H,12H2,1-4H3,(H,21,23). The van der Waals surface area contributed by atoms with E-state index < -0.39 is 22.0 Å². The molecule has 0 aliphatic heterocycles. The molecule has 27 heavy (non-hydrogen) atoms. The molecule has 2 aromatic carbocycles. The molecule has 0 aromatic heterocycles. The molecular weight excluding hydrogens is 388 g/mol. The zero-order valence-corrected chi connectivity index (χ0v) is 17.3. The Morgan fingerprint density at radius 2 is 1.96 bits per heavy atom. The SMILES string of the molecule is COc1ccc(Cl)cc1N(C(C)C(=O)NCc1cccc(C)c1)S(C)(=O)=O. The second-order valence-corrected chi connectivity index (χ2v) is 8.55. The van der Waals surface area contributed by atoms with E-state index in [9.17, 15) is 13.2 Å². The minimum Gasteiger partial charge on any atom is -0.495 e. The van der Waals surface area contributed by atoms with Gasteiger partial charge in [-0.25, -0.2) is 8.42 Å². The van der Waals surface area contributed by atoms with Crippen molar-refractivity contribution in [2.24, 2.45) is 0 Å². The summed E-state index contributed by atoms with van der Waals surface area (Å²) in [5, 5.41) is 3.12. The average molecular weight is 411 g/mol. The second-order valence-electron chi connectivity index (χ2n) is 6.26. The number of carbonyl (C=O) groups excluding carboxylic acids is 1. The summed E-state index contributed by atoms with van der Waals surface area (Å²) in [7, 11) is -2.34. The van der Waals surface area contributed by atoms with Gasteiger partial charge in [-0.3, -0.25) is 9.10 Å². The summed E-state index contributed by atoms with van der Waals surface area (Å²) in [4.78, 5) is 12.7. The molecule has 0 radical (unpaired) electrons. The van der Waals surface area contributed by atoms with Crippen LogP contribution in [0.3, 0.4) is 0 Å². The number of anilines is 1. The number of ether oxygens (including phenoxy) is 1. The minimum absolute atomic E-state index is 0.214. The molecule has 8 heteroatoms. The van der Waals surface area contributed by atoms with Crippen LogP contribution in [0.4, 0.5) is 5.69 Å². The lowest BCUT2D eigenvalue weighted by Crippen LogP contribution is -2.47. The lowest BCUT2D eigenvalue weighted by atomic mass is 10.1. The van der Waals surface area contributed by atoms with Gasteiger partial charge in [-0.15, -0.1) is 0 Å². The Labute approximate surface area is 165 Å². The zero-order valence-electron chi connectivity index (χ0n) is 15.7. The number of halogens is 1. The van der Waals surface area contributed by atoms with E-state index in [1.807, 2.05) is 31.2 Å². The number of nitrogens with one attached hydrogen (secondary N) is 1. The number of hydrogen-bond acceptors (Lipinski definition) is 4. The van der Waals surface area contributed by atoms with Crippen molar-refractivity contribution in [3.05, 3.63) is 58.6 Å². The number of methoxy groups -OCH3 is 1. The van der Waals surface area contributed by atoms with Gasteiger partial charge in [-0.1, -0.05) is 41.4 Å². The van der Waals surface area contributed by atoms with Crippen LogP contribution >= 0.6 is 11.6 Å². The molecule has 6 nitrogen and oxygen atoms in total. The van der Waals surface area contributed by atoms with E-state index in [-0.39, 0.29) is 5.69 Å². The maximum atomic E-state index is 12.7. The summed E-state index contributed by atoms with van der Waals surface area (Å²) in [5.74, 6) is -0.118. The van der Waals surface area contributed by atoms with Gasteiger partial charge in [0.2, 0.25) is 15.9 Å². The second kappa shape index (κ2) is 8.63. The third-order valence-electron chi connectivity index (χ3n) is 4.02. The third-order valence-corrected chi connectivity index (χ3v) is 5.48. The molecule has 1 atom stereocenters. The highest BCUT2D eigenvalue weighted by Crippen LogP contribution is 2.34. The van der Waals surface area contributed by atoms with Gasteiger partial charge >= 0.3 is 0 Å². The quantitative estimate of drug-likeness (QED) is 0.760. The molecular formula is C19H23ClN2O4S. The van der Waals surface area contributed by atoms with Gasteiger partial charge in [0, 0.05) is 11.6 Å². The smallest absolute Gasteiger partial charge is 0.243 e. The Bertz CT molecular complexity index is 931. The fraction of sp³-hybridized carbons (Fsp3) is 0.316. The molecule has 0 aliphatic carbocycles. The van der Waals surface area contributed by atoms with Gasteiger partial charge in [0.1, 0.15) is 11.8 Å². The number of sulfonamides is 1. The van der Waals surface area contributed by atoms with Crippen molar-refractivity contribution in [2.45, 2.75) is 26.4 Å². The number of aryl methyl sites for hydroxylation is 1. The van der Waals surface area contributed by atoms with Crippen molar-refractivity contribution in [2.75, 3.05) is 17.7 Å². The van der Waals surface area contributed by atoms with E-state index >= 15 is 0 Å². The summed E-state index contributed by atoms with van der Waals surface area (Å²) in [6.07, 6.45) is 1.04. The lowest BCUT2D eigenvalue weighted by Gasteiger charge is -2.29. The summed E-state index contributed by atoms with van der Waals surface area (Å²) in [5.41, 5.74) is 2.23. The highest BCUT2D eigenvalue weighted by molar-refractivity contribution is 7.92. The number of benzene rings is 2. The van der Waals surface area contributed by atoms with Crippen LogP contribution in [0.25, 0.3) is 0 Å². The number of carbonyl (C=O) groups is 1. The molecule has 2 rings (SSSR count).